The van der Waals surface area contributed by atoms with Gasteiger partial charge in [-0.2, -0.15) is 0 Å². The zero-order valence-corrected chi connectivity index (χ0v) is 14.1. The van der Waals surface area contributed by atoms with E-state index in [9.17, 15) is 14.0 Å². The molecule has 25 heavy (non-hydrogen) atoms. The van der Waals surface area contributed by atoms with E-state index in [-0.39, 0.29) is 0 Å². The maximum Gasteiger partial charge on any atom is 0.279 e. The third-order valence-electron chi connectivity index (χ3n) is 3.39. The molecule has 0 saturated heterocycles. The topological polar surface area (TPSA) is 76.7 Å². The second kappa shape index (κ2) is 8.14. The van der Waals surface area contributed by atoms with Crippen molar-refractivity contribution in [2.75, 3.05) is 7.11 Å². The Morgan fingerprint density at radius 3 is 2.40 bits per heavy atom. The molecule has 0 aliphatic heterocycles. The fourth-order valence-electron chi connectivity index (χ4n) is 2.06. The van der Waals surface area contributed by atoms with Crippen molar-refractivity contribution >= 4 is 11.8 Å². The van der Waals surface area contributed by atoms with Gasteiger partial charge in [-0.05, 0) is 50.2 Å². The number of aryl methyl sites for hydroxylation is 1. The Bertz CT molecular complexity index is 762. The summed E-state index contributed by atoms with van der Waals surface area (Å²) in [5.41, 5.74) is 5.79. The molecule has 6 nitrogen and oxygen atoms in total. The highest BCUT2D eigenvalue weighted by atomic mass is 19.1. The van der Waals surface area contributed by atoms with E-state index in [1.54, 1.807) is 12.1 Å². The third-order valence-corrected chi connectivity index (χ3v) is 3.39. The van der Waals surface area contributed by atoms with Crippen molar-refractivity contribution < 1.29 is 23.5 Å². The lowest BCUT2D eigenvalue weighted by molar-refractivity contribution is -0.128. The SMILES string of the molecule is COc1ccc(C)cc1C(=O)NNC(=O)[C@H](C)Oc1ccc(F)cc1. The summed E-state index contributed by atoms with van der Waals surface area (Å²) in [5, 5.41) is 0. The van der Waals surface area contributed by atoms with Crippen LogP contribution in [0.2, 0.25) is 0 Å². The molecule has 0 aromatic heterocycles. The fourth-order valence-corrected chi connectivity index (χ4v) is 2.06. The first-order valence-electron chi connectivity index (χ1n) is 7.57. The van der Waals surface area contributed by atoms with Crippen LogP contribution in [0.1, 0.15) is 22.8 Å². The molecule has 0 aliphatic carbocycles. The number of halogens is 1. The van der Waals surface area contributed by atoms with Crippen molar-refractivity contribution in [2.45, 2.75) is 20.0 Å². The van der Waals surface area contributed by atoms with Gasteiger partial charge in [0, 0.05) is 0 Å². The molecule has 2 rings (SSSR count). The number of hydrazine groups is 1. The van der Waals surface area contributed by atoms with Gasteiger partial charge in [-0.15, -0.1) is 0 Å². The van der Waals surface area contributed by atoms with Gasteiger partial charge in [-0.3, -0.25) is 20.4 Å². The summed E-state index contributed by atoms with van der Waals surface area (Å²) < 4.78 is 23.4. The van der Waals surface area contributed by atoms with Crippen molar-refractivity contribution in [1.82, 2.24) is 10.9 Å². The number of carbonyl (C=O) groups is 2. The van der Waals surface area contributed by atoms with E-state index in [0.29, 0.717) is 17.1 Å². The van der Waals surface area contributed by atoms with E-state index in [2.05, 4.69) is 10.9 Å². The smallest absolute Gasteiger partial charge is 0.279 e. The second-order valence-electron chi connectivity index (χ2n) is 5.36. The summed E-state index contributed by atoms with van der Waals surface area (Å²) >= 11 is 0. The van der Waals surface area contributed by atoms with Crippen LogP contribution in [-0.2, 0) is 4.79 Å². The monoisotopic (exact) mass is 346 g/mol. The van der Waals surface area contributed by atoms with E-state index in [4.69, 9.17) is 9.47 Å². The number of amides is 2. The summed E-state index contributed by atoms with van der Waals surface area (Å²) in [7, 11) is 1.46. The molecule has 0 saturated carbocycles. The van der Waals surface area contributed by atoms with Gasteiger partial charge in [-0.1, -0.05) is 11.6 Å². The molecular weight excluding hydrogens is 327 g/mol. The quantitative estimate of drug-likeness (QED) is 0.815. The summed E-state index contributed by atoms with van der Waals surface area (Å²) in [6.45, 7) is 3.35. The first kappa shape index (κ1) is 18.3. The molecule has 7 heteroatoms. The van der Waals surface area contributed by atoms with Gasteiger partial charge in [0.1, 0.15) is 17.3 Å². The van der Waals surface area contributed by atoms with Crippen molar-refractivity contribution in [3.05, 3.63) is 59.4 Å². The number of benzene rings is 2. The van der Waals surface area contributed by atoms with Crippen molar-refractivity contribution in [2.24, 2.45) is 0 Å². The second-order valence-corrected chi connectivity index (χ2v) is 5.36. The molecule has 0 unspecified atom stereocenters. The highest BCUT2D eigenvalue weighted by molar-refractivity contribution is 5.98. The number of ether oxygens (including phenoxy) is 2. The standard InChI is InChI=1S/C18H19FN2O4/c1-11-4-9-16(24-3)15(10-11)18(23)21-20-17(22)12(2)25-14-7-5-13(19)6-8-14/h4-10,12H,1-3H3,(H,20,22)(H,21,23)/t12-/m0/s1. The molecular formula is C18H19FN2O4. The van der Waals surface area contributed by atoms with Gasteiger partial charge in [0.25, 0.3) is 11.8 Å². The highest BCUT2D eigenvalue weighted by Crippen LogP contribution is 2.19. The van der Waals surface area contributed by atoms with Crippen LogP contribution in [0.4, 0.5) is 4.39 Å². The van der Waals surface area contributed by atoms with E-state index >= 15 is 0 Å². The summed E-state index contributed by atoms with van der Waals surface area (Å²) in [5.74, 6) is -0.723. The number of carbonyl (C=O) groups excluding carboxylic acids is 2. The molecule has 2 amide bonds. The Morgan fingerprint density at radius 2 is 1.76 bits per heavy atom. The van der Waals surface area contributed by atoms with Crippen LogP contribution >= 0.6 is 0 Å². The van der Waals surface area contributed by atoms with Crippen molar-refractivity contribution in [3.8, 4) is 11.5 Å². The summed E-state index contributed by atoms with van der Waals surface area (Å²) in [4.78, 5) is 24.2. The molecule has 1 atom stereocenters. The molecule has 2 aromatic carbocycles. The Balaban J connectivity index is 1.93. The molecule has 2 N–H and O–H groups in total. The van der Waals surface area contributed by atoms with Gasteiger partial charge < -0.3 is 9.47 Å². The zero-order valence-electron chi connectivity index (χ0n) is 14.1. The van der Waals surface area contributed by atoms with Crippen LogP contribution < -0.4 is 20.3 Å². The lowest BCUT2D eigenvalue weighted by Crippen LogP contribution is -2.47. The minimum absolute atomic E-state index is 0.301. The molecule has 0 heterocycles. The Labute approximate surface area is 144 Å². The molecule has 0 radical (unpaired) electrons. The molecule has 0 spiro atoms. The van der Waals surface area contributed by atoms with Crippen LogP contribution in [-0.4, -0.2) is 25.0 Å². The molecule has 0 aliphatic rings. The van der Waals surface area contributed by atoms with Gasteiger partial charge in [-0.25, -0.2) is 4.39 Å². The summed E-state index contributed by atoms with van der Waals surface area (Å²) in [6, 6.07) is 10.4. The maximum absolute atomic E-state index is 12.9. The lowest BCUT2D eigenvalue weighted by Gasteiger charge is -2.16. The van der Waals surface area contributed by atoms with Crippen LogP contribution in [0.15, 0.2) is 42.5 Å². The van der Waals surface area contributed by atoms with Crippen LogP contribution in [0.5, 0.6) is 11.5 Å². The Kier molecular flexibility index (Phi) is 5.94. The van der Waals surface area contributed by atoms with Crippen LogP contribution in [0.25, 0.3) is 0 Å². The predicted molar refractivity (Wildman–Crippen MR) is 89.8 cm³/mol. The van der Waals surface area contributed by atoms with Gasteiger partial charge in [0.05, 0.1) is 12.7 Å². The van der Waals surface area contributed by atoms with E-state index in [1.807, 2.05) is 13.0 Å². The summed E-state index contributed by atoms with van der Waals surface area (Å²) in [6.07, 6.45) is -0.884. The van der Waals surface area contributed by atoms with Gasteiger partial charge in [0.2, 0.25) is 0 Å². The minimum atomic E-state index is -0.884. The molecule has 2 aromatic rings. The van der Waals surface area contributed by atoms with Gasteiger partial charge >= 0.3 is 0 Å². The first-order valence-corrected chi connectivity index (χ1v) is 7.57. The Hall–Kier alpha value is -3.09. The lowest BCUT2D eigenvalue weighted by atomic mass is 10.1. The molecule has 132 valence electrons. The minimum Gasteiger partial charge on any atom is -0.496 e. The normalized spacial score (nSPS) is 11.4. The van der Waals surface area contributed by atoms with Crippen LogP contribution in [0.3, 0.4) is 0 Å². The first-order chi connectivity index (χ1) is 11.9. The van der Waals surface area contributed by atoms with Crippen LogP contribution in [0, 0.1) is 12.7 Å². The predicted octanol–water partition coefficient (Wildman–Crippen LogP) is 2.37. The van der Waals surface area contributed by atoms with E-state index in [1.165, 1.54) is 38.3 Å². The van der Waals surface area contributed by atoms with Crippen molar-refractivity contribution in [1.29, 1.82) is 0 Å². The number of methoxy groups -OCH3 is 1. The van der Waals surface area contributed by atoms with E-state index < -0.39 is 23.7 Å². The molecule has 0 bridgehead atoms. The highest BCUT2D eigenvalue weighted by Gasteiger charge is 2.17. The fraction of sp³-hybridized carbons (Fsp3) is 0.222. The van der Waals surface area contributed by atoms with E-state index in [0.717, 1.165) is 5.56 Å². The number of nitrogens with one attached hydrogen (secondary N) is 2. The zero-order chi connectivity index (χ0) is 18.4. The van der Waals surface area contributed by atoms with Crippen molar-refractivity contribution in [3.63, 3.8) is 0 Å². The Morgan fingerprint density at radius 1 is 1.08 bits per heavy atom. The number of hydrogen-bond donors (Lipinski definition) is 2. The third kappa shape index (κ3) is 4.94. The maximum atomic E-state index is 12.9. The average molecular weight is 346 g/mol. The number of rotatable bonds is 5. The average Bonchev–Trinajstić information content (AvgIpc) is 2.61. The van der Waals surface area contributed by atoms with Gasteiger partial charge in [0.15, 0.2) is 6.10 Å². The molecule has 0 fully saturated rings. The largest absolute Gasteiger partial charge is 0.496 e. The number of hydrogen-bond acceptors (Lipinski definition) is 4.